The molecule has 0 fully saturated rings. The summed E-state index contributed by atoms with van der Waals surface area (Å²) in [7, 11) is 1.21. The zero-order valence-electron chi connectivity index (χ0n) is 18.0. The van der Waals surface area contributed by atoms with Gasteiger partial charge in [-0.2, -0.15) is 0 Å². The molecule has 1 aromatic heterocycles. The van der Waals surface area contributed by atoms with Crippen molar-refractivity contribution in [3.8, 4) is 17.2 Å². The number of pyridine rings is 1. The van der Waals surface area contributed by atoms with E-state index < -0.39 is 23.3 Å². The lowest BCUT2D eigenvalue weighted by Gasteiger charge is -2.21. The number of halogens is 2. The molecular formula is C24H23ClFNO6. The van der Waals surface area contributed by atoms with Crippen molar-refractivity contribution in [2.24, 2.45) is 0 Å². The Morgan fingerprint density at radius 1 is 1.09 bits per heavy atom. The zero-order valence-corrected chi connectivity index (χ0v) is 18.8. The Balaban J connectivity index is 2.06. The van der Waals surface area contributed by atoms with Gasteiger partial charge in [-0.3, -0.25) is 9.59 Å². The van der Waals surface area contributed by atoms with Crippen LogP contribution in [0.15, 0.2) is 47.3 Å². The van der Waals surface area contributed by atoms with Gasteiger partial charge in [0.05, 0.1) is 24.1 Å². The van der Waals surface area contributed by atoms with Gasteiger partial charge in [-0.15, -0.1) is 0 Å². The quantitative estimate of drug-likeness (QED) is 0.352. The van der Waals surface area contributed by atoms with Crippen molar-refractivity contribution in [1.82, 2.24) is 4.57 Å². The molecule has 2 aromatic carbocycles. The number of aromatic hydroxyl groups is 3. The lowest BCUT2D eigenvalue weighted by molar-refractivity contribution is -0.140. The first-order chi connectivity index (χ1) is 15.6. The fourth-order valence-corrected chi connectivity index (χ4v) is 3.89. The molecule has 1 unspecified atom stereocenters. The van der Waals surface area contributed by atoms with Crippen LogP contribution in [0.1, 0.15) is 34.7 Å². The van der Waals surface area contributed by atoms with Gasteiger partial charge in [0.25, 0.3) is 5.56 Å². The number of aromatic nitrogens is 1. The Morgan fingerprint density at radius 2 is 1.82 bits per heavy atom. The molecule has 3 aromatic rings. The molecule has 0 aliphatic carbocycles. The molecule has 7 nitrogen and oxygen atoms in total. The summed E-state index contributed by atoms with van der Waals surface area (Å²) in [6, 6.07) is 9.63. The topological polar surface area (TPSA) is 109 Å². The number of aryl methyl sites for hydroxylation is 2. The summed E-state index contributed by atoms with van der Waals surface area (Å²) in [6.45, 7) is 1.86. The summed E-state index contributed by atoms with van der Waals surface area (Å²) >= 11 is 5.92. The second-order valence-electron chi connectivity index (χ2n) is 7.62. The van der Waals surface area contributed by atoms with Crippen LogP contribution >= 0.6 is 11.6 Å². The minimum atomic E-state index is -0.924. The lowest BCUT2D eigenvalue weighted by Crippen LogP contribution is -2.29. The van der Waals surface area contributed by atoms with Crippen LogP contribution in [0, 0.1) is 12.7 Å². The fraction of sp³-hybridized carbons (Fsp3) is 0.250. The number of benzene rings is 2. The first kappa shape index (κ1) is 24.1. The summed E-state index contributed by atoms with van der Waals surface area (Å²) in [4.78, 5) is 25.5. The maximum absolute atomic E-state index is 13.7. The number of hydrogen-bond donors (Lipinski definition) is 3. The molecule has 0 radical (unpaired) electrons. The molecule has 0 saturated heterocycles. The first-order valence-corrected chi connectivity index (χ1v) is 10.5. The highest BCUT2D eigenvalue weighted by molar-refractivity contribution is 6.30. The van der Waals surface area contributed by atoms with E-state index in [2.05, 4.69) is 0 Å². The highest BCUT2D eigenvalue weighted by atomic mass is 35.5. The third kappa shape index (κ3) is 5.28. The Labute approximate surface area is 194 Å². The molecule has 0 aliphatic heterocycles. The zero-order chi connectivity index (χ0) is 24.3. The van der Waals surface area contributed by atoms with Gasteiger partial charge in [0.15, 0.2) is 11.5 Å². The third-order valence-corrected chi connectivity index (χ3v) is 5.77. The number of phenolic OH excluding ortho intramolecular Hbond substituents is 2. The van der Waals surface area contributed by atoms with Gasteiger partial charge in [0, 0.05) is 18.2 Å². The number of methoxy groups -OCH3 is 1. The Kier molecular flexibility index (Phi) is 7.28. The first-order valence-electron chi connectivity index (χ1n) is 10.1. The minimum Gasteiger partial charge on any atom is -0.507 e. The molecule has 174 valence electrons. The molecule has 0 bridgehead atoms. The van der Waals surface area contributed by atoms with E-state index in [1.807, 2.05) is 0 Å². The van der Waals surface area contributed by atoms with E-state index in [0.717, 1.165) is 6.07 Å². The van der Waals surface area contributed by atoms with E-state index in [1.165, 1.54) is 42.0 Å². The molecule has 0 saturated carbocycles. The molecule has 33 heavy (non-hydrogen) atoms. The van der Waals surface area contributed by atoms with Crippen LogP contribution in [0.5, 0.6) is 17.2 Å². The van der Waals surface area contributed by atoms with Gasteiger partial charge >= 0.3 is 5.97 Å². The third-order valence-electron chi connectivity index (χ3n) is 5.48. The van der Waals surface area contributed by atoms with Crippen molar-refractivity contribution in [3.05, 3.63) is 86.0 Å². The fourth-order valence-electron chi connectivity index (χ4n) is 3.71. The molecular weight excluding hydrogens is 453 g/mol. The summed E-state index contributed by atoms with van der Waals surface area (Å²) < 4.78 is 19.9. The number of esters is 1. The van der Waals surface area contributed by atoms with Gasteiger partial charge in [-0.1, -0.05) is 23.7 Å². The number of hydrogen-bond acceptors (Lipinski definition) is 6. The minimum absolute atomic E-state index is 0.0396. The second kappa shape index (κ2) is 9.95. The van der Waals surface area contributed by atoms with Crippen molar-refractivity contribution in [2.75, 3.05) is 7.11 Å². The molecule has 1 heterocycles. The Morgan fingerprint density at radius 3 is 2.45 bits per heavy atom. The maximum atomic E-state index is 13.7. The van der Waals surface area contributed by atoms with E-state index >= 15 is 0 Å². The van der Waals surface area contributed by atoms with E-state index in [9.17, 15) is 29.3 Å². The average Bonchev–Trinajstić information content (AvgIpc) is 2.76. The predicted molar refractivity (Wildman–Crippen MR) is 120 cm³/mol. The number of phenols is 2. The van der Waals surface area contributed by atoms with Crippen molar-refractivity contribution < 1.29 is 29.2 Å². The highest BCUT2D eigenvalue weighted by Crippen LogP contribution is 2.34. The number of nitrogens with zero attached hydrogens (tertiary/aromatic N) is 1. The molecule has 9 heteroatoms. The summed E-state index contributed by atoms with van der Waals surface area (Å²) in [5.74, 6) is -3.01. The van der Waals surface area contributed by atoms with Gasteiger partial charge in [0.1, 0.15) is 11.6 Å². The molecule has 0 spiro atoms. The summed E-state index contributed by atoms with van der Waals surface area (Å²) in [5, 5.41) is 29.7. The van der Waals surface area contributed by atoms with Crippen LogP contribution in [0.25, 0.3) is 0 Å². The molecule has 3 rings (SSSR count). The van der Waals surface area contributed by atoms with Crippen LogP contribution in [0.3, 0.4) is 0 Å². The van der Waals surface area contributed by atoms with Crippen LogP contribution in [0.4, 0.5) is 4.39 Å². The largest absolute Gasteiger partial charge is 0.507 e. The van der Waals surface area contributed by atoms with Crippen LogP contribution in [-0.2, 0) is 22.5 Å². The number of carbonyl (C=O) groups is 1. The van der Waals surface area contributed by atoms with Gasteiger partial charge in [-0.05, 0) is 54.8 Å². The molecule has 1 atom stereocenters. The number of ether oxygens (including phenoxy) is 1. The second-order valence-corrected chi connectivity index (χ2v) is 8.03. The number of rotatable bonds is 7. The summed E-state index contributed by atoms with van der Waals surface area (Å²) in [5.41, 5.74) is 0.978. The molecule has 0 aliphatic rings. The van der Waals surface area contributed by atoms with Crippen molar-refractivity contribution in [2.45, 2.75) is 32.2 Å². The smallest absolute Gasteiger partial charge is 0.306 e. The molecule has 0 amide bonds. The van der Waals surface area contributed by atoms with E-state index in [-0.39, 0.29) is 40.8 Å². The van der Waals surface area contributed by atoms with Crippen molar-refractivity contribution in [3.63, 3.8) is 0 Å². The van der Waals surface area contributed by atoms with Gasteiger partial charge in [0.2, 0.25) is 0 Å². The standard InChI is InChI=1S/C24H23ClFNO6/c1-13-9-21(30)23(16(12-22(31)33-2)15-4-5-18(26)17(25)11-15)24(32)27(13)8-7-14-3-6-19(28)20(29)10-14/h3-6,9-11,16,28-30H,7-8,12H2,1-2H3. The highest BCUT2D eigenvalue weighted by Gasteiger charge is 2.27. The van der Waals surface area contributed by atoms with E-state index in [0.29, 0.717) is 23.2 Å². The normalized spacial score (nSPS) is 11.9. The predicted octanol–water partition coefficient (Wildman–Crippen LogP) is 4.00. The SMILES string of the molecule is COC(=O)CC(c1ccc(F)c(Cl)c1)c1c(O)cc(C)n(CCc2ccc(O)c(O)c2)c1=O. The molecule has 3 N–H and O–H groups in total. The number of carbonyl (C=O) groups excluding carboxylic acids is 1. The van der Waals surface area contributed by atoms with Crippen LogP contribution in [0.2, 0.25) is 5.02 Å². The van der Waals surface area contributed by atoms with Gasteiger partial charge in [-0.25, -0.2) is 4.39 Å². The monoisotopic (exact) mass is 475 g/mol. The van der Waals surface area contributed by atoms with Crippen molar-refractivity contribution in [1.29, 1.82) is 0 Å². The van der Waals surface area contributed by atoms with Crippen molar-refractivity contribution >= 4 is 17.6 Å². The summed E-state index contributed by atoms with van der Waals surface area (Å²) in [6.07, 6.45) is 0.0823. The average molecular weight is 476 g/mol. The van der Waals surface area contributed by atoms with E-state index in [1.54, 1.807) is 13.0 Å². The van der Waals surface area contributed by atoms with Crippen LogP contribution < -0.4 is 5.56 Å². The van der Waals surface area contributed by atoms with Crippen LogP contribution in [-0.4, -0.2) is 33.0 Å². The lowest BCUT2D eigenvalue weighted by atomic mass is 9.88. The Bertz CT molecular complexity index is 1260. The van der Waals surface area contributed by atoms with Gasteiger partial charge < -0.3 is 24.6 Å². The maximum Gasteiger partial charge on any atom is 0.306 e. The van der Waals surface area contributed by atoms with E-state index in [4.69, 9.17) is 16.3 Å². The Hall–Kier alpha value is -3.52.